The standard InChI is InChI=1S/C28H29ClN10O/c1-16-10-19(17(2)33-22-6-7-23(29)34-25(22)26-31-15-36(3)35-26)24-20(11-16)28(40)37(4)27-21(24)12-32-39(27)18-13-38(14-18)9-5-8-30/h6-7,10-12,15,17-18,33H,5,9,13-14H2,1-4H3. The van der Waals surface area contributed by atoms with E-state index in [-0.39, 0.29) is 17.6 Å². The van der Waals surface area contributed by atoms with Gasteiger partial charge in [-0.25, -0.2) is 14.6 Å². The summed E-state index contributed by atoms with van der Waals surface area (Å²) in [7, 11) is 3.61. The van der Waals surface area contributed by atoms with Crippen LogP contribution in [0, 0.1) is 18.3 Å². The number of benzene rings is 1. The van der Waals surface area contributed by atoms with E-state index in [0.717, 1.165) is 52.9 Å². The van der Waals surface area contributed by atoms with Crippen molar-refractivity contribution in [2.75, 3.05) is 25.0 Å². The van der Waals surface area contributed by atoms with Crippen LogP contribution in [0.25, 0.3) is 33.3 Å². The Hall–Kier alpha value is -4.27. The zero-order valence-corrected chi connectivity index (χ0v) is 23.5. The molecule has 4 aromatic heterocycles. The van der Waals surface area contributed by atoms with Crippen LogP contribution in [0.1, 0.15) is 36.6 Å². The maximum Gasteiger partial charge on any atom is 0.259 e. The smallest absolute Gasteiger partial charge is 0.259 e. The van der Waals surface area contributed by atoms with Crippen molar-refractivity contribution in [2.24, 2.45) is 14.1 Å². The maximum atomic E-state index is 13.7. The highest BCUT2D eigenvalue weighted by molar-refractivity contribution is 6.29. The topological polar surface area (TPSA) is 122 Å². The summed E-state index contributed by atoms with van der Waals surface area (Å²) in [5, 5.41) is 24.5. The van der Waals surface area contributed by atoms with Crippen molar-refractivity contribution in [1.29, 1.82) is 5.26 Å². The summed E-state index contributed by atoms with van der Waals surface area (Å²) in [4.78, 5) is 24.8. The molecule has 1 aliphatic rings. The number of pyridine rings is 2. The largest absolute Gasteiger partial charge is 0.377 e. The summed E-state index contributed by atoms with van der Waals surface area (Å²) >= 11 is 6.24. The van der Waals surface area contributed by atoms with Gasteiger partial charge in [0.05, 0.1) is 24.0 Å². The van der Waals surface area contributed by atoms with Crippen molar-refractivity contribution >= 4 is 39.1 Å². The van der Waals surface area contributed by atoms with Crippen molar-refractivity contribution in [3.05, 3.63) is 63.4 Å². The Kier molecular flexibility index (Phi) is 6.52. The highest BCUT2D eigenvalue weighted by Gasteiger charge is 2.31. The third-order valence-corrected chi connectivity index (χ3v) is 7.75. The molecule has 0 spiro atoms. The van der Waals surface area contributed by atoms with Gasteiger partial charge >= 0.3 is 0 Å². The molecule has 5 heterocycles. The zero-order chi connectivity index (χ0) is 28.1. The molecule has 1 N–H and O–H groups in total. The molecule has 11 nitrogen and oxygen atoms in total. The van der Waals surface area contributed by atoms with Crippen LogP contribution in [-0.2, 0) is 14.1 Å². The summed E-state index contributed by atoms with van der Waals surface area (Å²) in [6.45, 7) is 6.41. The van der Waals surface area contributed by atoms with Gasteiger partial charge in [-0.2, -0.15) is 10.4 Å². The lowest BCUT2D eigenvalue weighted by molar-refractivity contribution is 0.104. The highest BCUT2D eigenvalue weighted by Crippen LogP contribution is 2.35. The molecule has 12 heteroatoms. The number of halogens is 1. The van der Waals surface area contributed by atoms with Crippen LogP contribution in [0.3, 0.4) is 0 Å². The van der Waals surface area contributed by atoms with Crippen LogP contribution in [-0.4, -0.2) is 58.6 Å². The number of hydrogen-bond donors (Lipinski definition) is 1. The Labute approximate surface area is 235 Å². The predicted molar refractivity (Wildman–Crippen MR) is 154 cm³/mol. The average Bonchev–Trinajstić information content (AvgIpc) is 3.53. The molecular formula is C28H29ClN10O. The van der Waals surface area contributed by atoms with Crippen molar-refractivity contribution in [2.45, 2.75) is 32.4 Å². The molecular weight excluding hydrogens is 528 g/mol. The molecule has 1 saturated heterocycles. The predicted octanol–water partition coefficient (Wildman–Crippen LogP) is 3.98. The second-order valence-corrected chi connectivity index (χ2v) is 10.8. The van der Waals surface area contributed by atoms with E-state index in [1.54, 1.807) is 28.7 Å². The number of anilines is 1. The first-order valence-corrected chi connectivity index (χ1v) is 13.5. The van der Waals surface area contributed by atoms with Crippen molar-refractivity contribution < 1.29 is 0 Å². The van der Waals surface area contributed by atoms with E-state index in [2.05, 4.69) is 44.3 Å². The molecule has 0 aliphatic carbocycles. The first-order valence-electron chi connectivity index (χ1n) is 13.1. The third-order valence-electron chi connectivity index (χ3n) is 7.54. The number of nitriles is 1. The van der Waals surface area contributed by atoms with Gasteiger partial charge in [-0.1, -0.05) is 17.7 Å². The number of nitrogens with one attached hydrogen (secondary N) is 1. The molecule has 1 fully saturated rings. The minimum Gasteiger partial charge on any atom is -0.377 e. The first kappa shape index (κ1) is 26.0. The molecule has 5 aromatic rings. The summed E-state index contributed by atoms with van der Waals surface area (Å²) in [5.41, 5.74) is 4.00. The molecule has 1 aliphatic heterocycles. The van der Waals surface area contributed by atoms with Crippen LogP contribution >= 0.6 is 11.6 Å². The van der Waals surface area contributed by atoms with Crippen molar-refractivity contribution in [1.82, 2.24) is 39.0 Å². The molecule has 6 rings (SSSR count). The van der Waals surface area contributed by atoms with Gasteiger partial charge in [-0.3, -0.25) is 18.9 Å². The maximum absolute atomic E-state index is 13.7. The number of fused-ring (bicyclic) bond motifs is 3. The van der Waals surface area contributed by atoms with E-state index in [0.29, 0.717) is 28.5 Å². The van der Waals surface area contributed by atoms with Gasteiger partial charge in [0.15, 0.2) is 0 Å². The fourth-order valence-corrected chi connectivity index (χ4v) is 5.75. The minimum absolute atomic E-state index is 0.0615. The fraction of sp³-hybridized carbons (Fsp3) is 0.357. The number of likely N-dealkylation sites (tertiary alicyclic amines) is 1. The summed E-state index contributed by atoms with van der Waals surface area (Å²) in [5.74, 6) is 0.468. The third kappa shape index (κ3) is 4.39. The van der Waals surface area contributed by atoms with Gasteiger partial charge in [-0.15, -0.1) is 5.10 Å². The Morgan fingerprint density at radius 3 is 2.75 bits per heavy atom. The van der Waals surface area contributed by atoms with Crippen molar-refractivity contribution in [3.8, 4) is 17.6 Å². The molecule has 0 bridgehead atoms. The fourth-order valence-electron chi connectivity index (χ4n) is 5.60. The lowest BCUT2D eigenvalue weighted by Gasteiger charge is -2.39. The monoisotopic (exact) mass is 556 g/mol. The van der Waals surface area contributed by atoms with Crippen LogP contribution in [0.15, 0.2) is 41.6 Å². The van der Waals surface area contributed by atoms with E-state index in [9.17, 15) is 4.79 Å². The second kappa shape index (κ2) is 10.0. The van der Waals surface area contributed by atoms with Gasteiger partial charge in [0, 0.05) is 62.4 Å². The van der Waals surface area contributed by atoms with Crippen molar-refractivity contribution in [3.63, 3.8) is 0 Å². The number of rotatable bonds is 7. The first-order chi connectivity index (χ1) is 19.2. The Bertz CT molecular complexity index is 1860. The number of aromatic nitrogens is 7. The van der Waals surface area contributed by atoms with Crippen LogP contribution in [0.4, 0.5) is 5.69 Å². The van der Waals surface area contributed by atoms with Crippen LogP contribution in [0.5, 0.6) is 0 Å². The molecule has 1 aromatic carbocycles. The average molecular weight is 557 g/mol. The quantitative estimate of drug-likeness (QED) is 0.299. The van der Waals surface area contributed by atoms with E-state index in [1.807, 2.05) is 37.0 Å². The summed E-state index contributed by atoms with van der Waals surface area (Å²) in [6, 6.07) is 9.82. The molecule has 0 radical (unpaired) electrons. The van der Waals surface area contributed by atoms with Gasteiger partial charge in [-0.05, 0) is 43.2 Å². The molecule has 0 saturated carbocycles. The molecule has 40 heavy (non-hydrogen) atoms. The molecule has 1 unspecified atom stereocenters. The normalized spacial score (nSPS) is 14.9. The number of aryl methyl sites for hydroxylation is 3. The Morgan fingerprint density at radius 2 is 2.02 bits per heavy atom. The minimum atomic E-state index is -0.198. The molecule has 0 amide bonds. The summed E-state index contributed by atoms with van der Waals surface area (Å²) < 4.78 is 5.29. The van der Waals surface area contributed by atoms with E-state index in [4.69, 9.17) is 22.0 Å². The lowest BCUT2D eigenvalue weighted by atomic mass is 9.95. The van der Waals surface area contributed by atoms with Gasteiger partial charge in [0.2, 0.25) is 5.82 Å². The Balaban J connectivity index is 1.44. The Morgan fingerprint density at radius 1 is 1.23 bits per heavy atom. The van der Waals surface area contributed by atoms with E-state index < -0.39 is 0 Å². The summed E-state index contributed by atoms with van der Waals surface area (Å²) in [6.07, 6.45) is 3.99. The zero-order valence-electron chi connectivity index (χ0n) is 22.8. The van der Waals surface area contributed by atoms with Gasteiger partial charge in [0.25, 0.3) is 5.56 Å². The SMILES string of the molecule is Cc1cc(C(C)Nc2ccc(Cl)nc2-c2ncn(C)n2)c2c(c1)c(=O)n(C)c1c2cnn1C1CN(CCC#N)C1. The van der Waals surface area contributed by atoms with Crippen LogP contribution in [0.2, 0.25) is 5.15 Å². The van der Waals surface area contributed by atoms with Crippen LogP contribution < -0.4 is 10.9 Å². The van der Waals surface area contributed by atoms with Gasteiger partial charge in [0.1, 0.15) is 22.8 Å². The number of hydrogen-bond acceptors (Lipinski definition) is 8. The second-order valence-electron chi connectivity index (χ2n) is 10.4. The highest BCUT2D eigenvalue weighted by atomic mass is 35.5. The van der Waals surface area contributed by atoms with E-state index in [1.165, 1.54) is 0 Å². The van der Waals surface area contributed by atoms with E-state index >= 15 is 0 Å². The number of nitrogens with zero attached hydrogens (tertiary/aromatic N) is 9. The molecule has 204 valence electrons. The molecule has 1 atom stereocenters. The van der Waals surface area contributed by atoms with Gasteiger partial charge < -0.3 is 5.32 Å². The lowest BCUT2D eigenvalue weighted by Crippen LogP contribution is -2.48.